The maximum absolute atomic E-state index is 13.2. The fourth-order valence-corrected chi connectivity index (χ4v) is 5.26. The fourth-order valence-electron chi connectivity index (χ4n) is 5.26. The van der Waals surface area contributed by atoms with Crippen molar-refractivity contribution in [2.45, 2.75) is 63.2 Å². The summed E-state index contributed by atoms with van der Waals surface area (Å²) in [6.07, 6.45) is 5.33. The Morgan fingerprint density at radius 1 is 1.15 bits per heavy atom. The first-order valence-electron chi connectivity index (χ1n) is 11.4. The molecule has 3 atom stereocenters. The molecule has 2 fully saturated rings. The third-order valence-corrected chi connectivity index (χ3v) is 6.75. The van der Waals surface area contributed by atoms with Gasteiger partial charge in [0.15, 0.2) is 0 Å². The van der Waals surface area contributed by atoms with Crippen molar-refractivity contribution in [1.82, 2.24) is 25.4 Å². The SMILES string of the molecule is Cc1nnc(-c2ccc3cnc(CC(=O)N4[C@@H]5CC[C@H]4CC(NC(CF)CF)C5)cc3c2)o1. The summed E-state index contributed by atoms with van der Waals surface area (Å²) in [7, 11) is 0. The average molecular weight is 456 g/mol. The third kappa shape index (κ3) is 4.46. The zero-order valence-electron chi connectivity index (χ0n) is 18.5. The van der Waals surface area contributed by atoms with Crippen molar-refractivity contribution in [1.29, 1.82) is 0 Å². The van der Waals surface area contributed by atoms with Crippen molar-refractivity contribution in [2.24, 2.45) is 0 Å². The van der Waals surface area contributed by atoms with Crippen LogP contribution in [0.25, 0.3) is 22.2 Å². The minimum Gasteiger partial charge on any atom is -0.421 e. The number of nitrogens with one attached hydrogen (secondary N) is 1. The molecule has 7 nitrogen and oxygen atoms in total. The molecule has 0 saturated carbocycles. The highest BCUT2D eigenvalue weighted by molar-refractivity contribution is 5.87. The first kappa shape index (κ1) is 21.9. The number of aromatic nitrogens is 3. The topological polar surface area (TPSA) is 84.2 Å². The monoisotopic (exact) mass is 455 g/mol. The van der Waals surface area contributed by atoms with E-state index in [1.54, 1.807) is 13.1 Å². The summed E-state index contributed by atoms with van der Waals surface area (Å²) in [6.45, 7) is 0.316. The lowest BCUT2D eigenvalue weighted by atomic mass is 9.96. The van der Waals surface area contributed by atoms with Crippen LogP contribution in [0.4, 0.5) is 8.78 Å². The summed E-state index contributed by atoms with van der Waals surface area (Å²) in [5.41, 5.74) is 1.53. The Morgan fingerprint density at radius 3 is 2.58 bits per heavy atom. The van der Waals surface area contributed by atoms with E-state index in [-0.39, 0.29) is 30.5 Å². The quantitative estimate of drug-likeness (QED) is 0.587. The zero-order valence-corrected chi connectivity index (χ0v) is 18.5. The molecular formula is C24H27F2N5O2. The van der Waals surface area contributed by atoms with Gasteiger partial charge in [0.05, 0.1) is 18.2 Å². The van der Waals surface area contributed by atoms with Gasteiger partial charge in [0.1, 0.15) is 13.3 Å². The molecule has 174 valence electrons. The van der Waals surface area contributed by atoms with Crippen LogP contribution in [0.5, 0.6) is 0 Å². The molecule has 5 rings (SSSR count). The molecule has 2 bridgehead atoms. The lowest BCUT2D eigenvalue weighted by Gasteiger charge is -2.40. The van der Waals surface area contributed by atoms with E-state index in [9.17, 15) is 13.6 Å². The molecule has 33 heavy (non-hydrogen) atoms. The van der Waals surface area contributed by atoms with E-state index in [0.717, 1.165) is 42.0 Å². The maximum atomic E-state index is 13.2. The molecule has 4 heterocycles. The zero-order chi connectivity index (χ0) is 22.9. The van der Waals surface area contributed by atoms with E-state index in [1.807, 2.05) is 29.2 Å². The van der Waals surface area contributed by atoms with Crippen molar-refractivity contribution < 1.29 is 18.0 Å². The van der Waals surface area contributed by atoms with Crippen LogP contribution in [0.3, 0.4) is 0 Å². The summed E-state index contributed by atoms with van der Waals surface area (Å²) < 4.78 is 31.4. The smallest absolute Gasteiger partial charge is 0.247 e. The van der Waals surface area contributed by atoms with Crippen LogP contribution < -0.4 is 5.32 Å². The molecule has 0 radical (unpaired) electrons. The number of carbonyl (C=O) groups excluding carboxylic acids is 1. The van der Waals surface area contributed by atoms with E-state index in [0.29, 0.717) is 17.5 Å². The van der Waals surface area contributed by atoms with Gasteiger partial charge in [-0.25, -0.2) is 8.78 Å². The van der Waals surface area contributed by atoms with Crippen molar-refractivity contribution in [3.63, 3.8) is 0 Å². The molecule has 1 unspecified atom stereocenters. The van der Waals surface area contributed by atoms with Crippen LogP contribution in [0.15, 0.2) is 34.9 Å². The lowest BCUT2D eigenvalue weighted by Crippen LogP contribution is -2.54. The second-order valence-electron chi connectivity index (χ2n) is 9.07. The maximum Gasteiger partial charge on any atom is 0.247 e. The van der Waals surface area contributed by atoms with Gasteiger partial charge >= 0.3 is 0 Å². The summed E-state index contributed by atoms with van der Waals surface area (Å²) in [6, 6.07) is 7.28. The van der Waals surface area contributed by atoms with Crippen LogP contribution >= 0.6 is 0 Å². The van der Waals surface area contributed by atoms with Crippen LogP contribution in [0.1, 0.15) is 37.3 Å². The van der Waals surface area contributed by atoms with Gasteiger partial charge in [-0.3, -0.25) is 9.78 Å². The van der Waals surface area contributed by atoms with Crippen LogP contribution in [-0.2, 0) is 11.2 Å². The molecule has 1 amide bonds. The molecular weight excluding hydrogens is 428 g/mol. The second-order valence-corrected chi connectivity index (χ2v) is 9.07. The lowest BCUT2D eigenvalue weighted by molar-refractivity contribution is -0.135. The molecule has 1 N–H and O–H groups in total. The highest BCUT2D eigenvalue weighted by Crippen LogP contribution is 2.36. The number of fused-ring (bicyclic) bond motifs is 3. The van der Waals surface area contributed by atoms with Crippen LogP contribution in [0.2, 0.25) is 0 Å². The number of hydrogen-bond donors (Lipinski definition) is 1. The molecule has 9 heteroatoms. The van der Waals surface area contributed by atoms with Gasteiger partial charge in [-0.05, 0) is 49.3 Å². The minimum absolute atomic E-state index is 0.0496. The molecule has 2 saturated heterocycles. The number of alkyl halides is 2. The summed E-state index contributed by atoms with van der Waals surface area (Å²) >= 11 is 0. The van der Waals surface area contributed by atoms with Crippen molar-refractivity contribution in [3.8, 4) is 11.5 Å². The first-order valence-corrected chi connectivity index (χ1v) is 11.4. The third-order valence-electron chi connectivity index (χ3n) is 6.75. The molecule has 3 aromatic rings. The molecule has 2 aliphatic heterocycles. The van der Waals surface area contributed by atoms with E-state index < -0.39 is 19.4 Å². The standard InChI is InChI=1S/C24H27F2N5O2/c1-14-29-30-24(33-14)15-2-3-16-13-27-18(7-17(16)6-15)10-23(32)31-21-4-5-22(31)9-19(8-21)28-20(11-25)12-26/h2-3,6-7,13,19-22,28H,4-5,8-12H2,1H3/t19?,21-,22+. The van der Waals surface area contributed by atoms with E-state index in [2.05, 4.69) is 20.5 Å². The molecule has 0 spiro atoms. The first-order chi connectivity index (χ1) is 16.0. The Labute approximate surface area is 190 Å². The number of amides is 1. The Bertz CT molecular complexity index is 1130. The molecule has 1 aromatic carbocycles. The van der Waals surface area contributed by atoms with Crippen LogP contribution in [0, 0.1) is 6.92 Å². The largest absolute Gasteiger partial charge is 0.421 e. The van der Waals surface area contributed by atoms with E-state index >= 15 is 0 Å². The van der Waals surface area contributed by atoms with Gasteiger partial charge in [0.2, 0.25) is 17.7 Å². The van der Waals surface area contributed by atoms with E-state index in [1.165, 1.54) is 0 Å². The predicted octanol–water partition coefficient (Wildman–Crippen LogP) is 3.55. The number of piperidine rings is 1. The van der Waals surface area contributed by atoms with Crippen molar-refractivity contribution in [3.05, 3.63) is 42.0 Å². The second kappa shape index (κ2) is 9.13. The van der Waals surface area contributed by atoms with Gasteiger partial charge in [-0.1, -0.05) is 6.07 Å². The Kier molecular flexibility index (Phi) is 6.05. The summed E-state index contributed by atoms with van der Waals surface area (Å²) in [4.78, 5) is 19.7. The average Bonchev–Trinajstić information content (AvgIpc) is 3.37. The molecule has 0 aliphatic carbocycles. The minimum atomic E-state index is -0.751. The number of nitrogens with zero attached hydrogens (tertiary/aromatic N) is 4. The van der Waals surface area contributed by atoms with Gasteiger partial charge in [0, 0.05) is 42.2 Å². The Balaban J connectivity index is 1.29. The number of rotatable bonds is 7. The number of benzene rings is 1. The van der Waals surface area contributed by atoms with Crippen molar-refractivity contribution >= 4 is 16.7 Å². The predicted molar refractivity (Wildman–Crippen MR) is 119 cm³/mol. The number of hydrogen-bond acceptors (Lipinski definition) is 6. The normalized spacial score (nSPS) is 22.4. The molecule has 2 aromatic heterocycles. The fraction of sp³-hybridized carbons (Fsp3) is 0.500. The number of halogens is 2. The highest BCUT2D eigenvalue weighted by Gasteiger charge is 2.43. The number of aryl methyl sites for hydroxylation is 1. The van der Waals surface area contributed by atoms with E-state index in [4.69, 9.17) is 4.42 Å². The Hall–Kier alpha value is -2.94. The summed E-state index contributed by atoms with van der Waals surface area (Å²) in [5.74, 6) is 1.02. The van der Waals surface area contributed by atoms with Gasteiger partial charge in [-0.15, -0.1) is 10.2 Å². The number of carbonyl (C=O) groups is 1. The molecule has 2 aliphatic rings. The number of pyridine rings is 1. The van der Waals surface area contributed by atoms with Crippen LogP contribution in [-0.4, -0.2) is 63.5 Å². The van der Waals surface area contributed by atoms with Gasteiger partial charge in [-0.2, -0.15) is 0 Å². The van der Waals surface area contributed by atoms with Gasteiger partial charge < -0.3 is 14.6 Å². The summed E-state index contributed by atoms with van der Waals surface area (Å²) in [5, 5.41) is 13.0. The Morgan fingerprint density at radius 2 is 1.91 bits per heavy atom. The van der Waals surface area contributed by atoms with Gasteiger partial charge in [0.25, 0.3) is 0 Å². The van der Waals surface area contributed by atoms with Crippen molar-refractivity contribution in [2.75, 3.05) is 13.3 Å². The highest BCUT2D eigenvalue weighted by atomic mass is 19.1.